The van der Waals surface area contributed by atoms with E-state index < -0.39 is 35.6 Å². The van der Waals surface area contributed by atoms with Crippen molar-refractivity contribution in [1.29, 1.82) is 0 Å². The molecule has 0 fully saturated rings. The van der Waals surface area contributed by atoms with Crippen molar-refractivity contribution >= 4 is 23.6 Å². The van der Waals surface area contributed by atoms with Crippen LogP contribution >= 0.6 is 0 Å². The summed E-state index contributed by atoms with van der Waals surface area (Å²) in [5.74, 6) is 2.28. The van der Waals surface area contributed by atoms with Crippen molar-refractivity contribution in [3.05, 3.63) is 95.6 Å². The maximum absolute atomic E-state index is 14.0. The molecule has 0 spiro atoms. The standard InChI is InChI=1S/C32H35N3O5/c1-7-23-15-11-12-16-26(23)28(29(36)33-24-17-19-25(39-6)20-18-24)35(5)30(37)27(21-22-13-9-8-10-14-22)34-31(38)40-32(2,3)4/h1,8-20,27-28H,21H2,2-6H3,(H,33,36)(H,34,38). The molecule has 0 aromatic heterocycles. The van der Waals surface area contributed by atoms with Gasteiger partial charge in [0, 0.05) is 24.7 Å². The first-order valence-corrected chi connectivity index (χ1v) is 12.8. The molecule has 0 radical (unpaired) electrons. The molecule has 0 aliphatic carbocycles. The summed E-state index contributed by atoms with van der Waals surface area (Å²) in [6, 6.07) is 20.9. The highest BCUT2D eigenvalue weighted by Crippen LogP contribution is 2.27. The second-order valence-electron chi connectivity index (χ2n) is 10.2. The van der Waals surface area contributed by atoms with Crippen molar-refractivity contribution in [3.63, 3.8) is 0 Å². The normalized spacial score (nSPS) is 12.3. The van der Waals surface area contributed by atoms with Crippen LogP contribution in [0.5, 0.6) is 5.75 Å². The van der Waals surface area contributed by atoms with Crippen molar-refractivity contribution in [3.8, 4) is 18.1 Å². The number of carbonyl (C=O) groups is 3. The van der Waals surface area contributed by atoms with Gasteiger partial charge in [-0.25, -0.2) is 4.79 Å². The Morgan fingerprint density at radius 3 is 2.17 bits per heavy atom. The van der Waals surface area contributed by atoms with Gasteiger partial charge in [0.15, 0.2) is 0 Å². The number of nitrogens with one attached hydrogen (secondary N) is 2. The predicted octanol–water partition coefficient (Wildman–Crippen LogP) is 4.95. The lowest BCUT2D eigenvalue weighted by Gasteiger charge is -2.32. The lowest BCUT2D eigenvalue weighted by Crippen LogP contribution is -2.52. The second kappa shape index (κ2) is 13.3. The molecule has 8 heteroatoms. The molecule has 40 heavy (non-hydrogen) atoms. The number of terminal acetylenes is 1. The van der Waals surface area contributed by atoms with Gasteiger partial charge in [-0.1, -0.05) is 54.5 Å². The third-order valence-corrected chi connectivity index (χ3v) is 6.02. The van der Waals surface area contributed by atoms with Crippen LogP contribution in [0.3, 0.4) is 0 Å². The number of alkyl carbamates (subject to hydrolysis) is 1. The lowest BCUT2D eigenvalue weighted by molar-refractivity contribution is -0.139. The zero-order valence-electron chi connectivity index (χ0n) is 23.4. The summed E-state index contributed by atoms with van der Waals surface area (Å²) in [6.45, 7) is 5.22. The molecule has 0 saturated heterocycles. The van der Waals surface area contributed by atoms with Gasteiger partial charge in [0.05, 0.1) is 7.11 Å². The largest absolute Gasteiger partial charge is 0.497 e. The minimum atomic E-state index is -1.10. The molecule has 8 nitrogen and oxygen atoms in total. The van der Waals surface area contributed by atoms with Crippen molar-refractivity contribution in [2.45, 2.75) is 44.9 Å². The molecule has 2 atom stereocenters. The van der Waals surface area contributed by atoms with Crippen LogP contribution in [0.15, 0.2) is 78.9 Å². The number of amides is 3. The molecule has 208 valence electrons. The molecule has 3 rings (SSSR count). The average Bonchev–Trinajstić information content (AvgIpc) is 2.92. The molecule has 3 aromatic rings. The predicted molar refractivity (Wildman–Crippen MR) is 155 cm³/mol. The van der Waals surface area contributed by atoms with Crippen LogP contribution in [0.2, 0.25) is 0 Å². The van der Waals surface area contributed by atoms with E-state index in [1.807, 2.05) is 30.3 Å². The maximum atomic E-state index is 14.0. The van der Waals surface area contributed by atoms with Crippen molar-refractivity contribution in [1.82, 2.24) is 10.2 Å². The first kappa shape index (κ1) is 29.8. The van der Waals surface area contributed by atoms with Crippen LogP contribution in [-0.4, -0.2) is 48.6 Å². The highest BCUT2D eigenvalue weighted by atomic mass is 16.6. The number of hydrogen-bond donors (Lipinski definition) is 2. The van der Waals surface area contributed by atoms with Crippen LogP contribution in [0.25, 0.3) is 0 Å². The second-order valence-corrected chi connectivity index (χ2v) is 10.2. The fourth-order valence-corrected chi connectivity index (χ4v) is 4.15. The summed E-state index contributed by atoms with van der Waals surface area (Å²) >= 11 is 0. The van der Waals surface area contributed by atoms with Crippen LogP contribution in [0.1, 0.15) is 43.5 Å². The summed E-state index contributed by atoms with van der Waals surface area (Å²) in [5, 5.41) is 5.57. The number of ether oxygens (including phenoxy) is 2. The first-order chi connectivity index (χ1) is 19.0. The molecule has 0 aliphatic heterocycles. The lowest BCUT2D eigenvalue weighted by atomic mass is 9.97. The molecular formula is C32H35N3O5. The van der Waals surface area contributed by atoms with E-state index in [4.69, 9.17) is 15.9 Å². The number of benzene rings is 3. The third kappa shape index (κ3) is 8.11. The quantitative estimate of drug-likeness (QED) is 0.374. The Balaban J connectivity index is 1.98. The molecule has 3 aromatic carbocycles. The van der Waals surface area contributed by atoms with E-state index in [0.29, 0.717) is 22.6 Å². The molecular weight excluding hydrogens is 506 g/mol. The Labute approximate surface area is 235 Å². The van der Waals surface area contributed by atoms with Crippen LogP contribution in [0.4, 0.5) is 10.5 Å². The Morgan fingerprint density at radius 1 is 0.950 bits per heavy atom. The Morgan fingerprint density at radius 2 is 1.57 bits per heavy atom. The van der Waals surface area contributed by atoms with E-state index in [1.165, 1.54) is 11.9 Å². The topological polar surface area (TPSA) is 97.0 Å². The molecule has 0 aliphatic rings. The Hall–Kier alpha value is -4.77. The summed E-state index contributed by atoms with van der Waals surface area (Å²) in [7, 11) is 3.07. The van der Waals surface area contributed by atoms with Crippen LogP contribution in [-0.2, 0) is 20.7 Å². The van der Waals surface area contributed by atoms with Gasteiger partial charge in [-0.15, -0.1) is 6.42 Å². The van der Waals surface area contributed by atoms with Gasteiger partial charge in [0.1, 0.15) is 23.4 Å². The van der Waals surface area contributed by atoms with Crippen molar-refractivity contribution in [2.24, 2.45) is 0 Å². The van der Waals surface area contributed by atoms with Gasteiger partial charge < -0.3 is 25.0 Å². The molecule has 0 heterocycles. The van der Waals surface area contributed by atoms with E-state index in [0.717, 1.165) is 5.56 Å². The fraction of sp³-hybridized carbons (Fsp3) is 0.281. The number of rotatable bonds is 9. The monoisotopic (exact) mass is 541 g/mol. The number of likely N-dealkylation sites (N-methyl/N-ethyl adjacent to an activating group) is 1. The van der Waals surface area contributed by atoms with Gasteiger partial charge >= 0.3 is 6.09 Å². The van der Waals surface area contributed by atoms with Gasteiger partial charge in [-0.2, -0.15) is 0 Å². The number of methoxy groups -OCH3 is 1. The van der Waals surface area contributed by atoms with Crippen molar-refractivity contribution < 1.29 is 23.9 Å². The number of anilines is 1. The van der Waals surface area contributed by atoms with Gasteiger partial charge in [0.25, 0.3) is 5.91 Å². The van der Waals surface area contributed by atoms with Gasteiger partial charge in [0.2, 0.25) is 5.91 Å². The van der Waals surface area contributed by atoms with E-state index in [9.17, 15) is 14.4 Å². The minimum absolute atomic E-state index is 0.187. The summed E-state index contributed by atoms with van der Waals surface area (Å²) < 4.78 is 10.6. The van der Waals surface area contributed by atoms with Crippen LogP contribution < -0.4 is 15.4 Å². The maximum Gasteiger partial charge on any atom is 0.408 e. The molecule has 2 unspecified atom stereocenters. The highest BCUT2D eigenvalue weighted by molar-refractivity contribution is 5.99. The van der Waals surface area contributed by atoms with Gasteiger partial charge in [-0.3, -0.25) is 9.59 Å². The molecule has 0 saturated carbocycles. The van der Waals surface area contributed by atoms with E-state index in [-0.39, 0.29) is 6.42 Å². The third-order valence-electron chi connectivity index (χ3n) is 6.02. The van der Waals surface area contributed by atoms with Crippen LogP contribution in [0, 0.1) is 12.3 Å². The number of nitrogens with zero attached hydrogens (tertiary/aromatic N) is 1. The Bertz CT molecular complexity index is 1360. The van der Waals surface area contributed by atoms with E-state index in [2.05, 4.69) is 16.6 Å². The minimum Gasteiger partial charge on any atom is -0.497 e. The van der Waals surface area contributed by atoms with E-state index >= 15 is 0 Å². The number of hydrogen-bond acceptors (Lipinski definition) is 5. The van der Waals surface area contributed by atoms with Crippen molar-refractivity contribution in [2.75, 3.05) is 19.5 Å². The molecule has 3 amide bonds. The summed E-state index contributed by atoms with van der Waals surface area (Å²) in [4.78, 5) is 41.8. The number of carbonyl (C=O) groups excluding carboxylic acids is 3. The molecule has 0 bridgehead atoms. The highest BCUT2D eigenvalue weighted by Gasteiger charge is 2.35. The zero-order chi connectivity index (χ0) is 29.3. The summed E-state index contributed by atoms with van der Waals surface area (Å²) in [5.41, 5.74) is 1.53. The SMILES string of the molecule is C#Cc1ccccc1C(C(=O)Nc1ccc(OC)cc1)N(C)C(=O)C(Cc1ccccc1)NC(=O)OC(C)(C)C. The average molecular weight is 542 g/mol. The zero-order valence-corrected chi connectivity index (χ0v) is 23.4. The smallest absolute Gasteiger partial charge is 0.408 e. The van der Waals surface area contributed by atoms with E-state index in [1.54, 1.807) is 76.4 Å². The summed E-state index contributed by atoms with van der Waals surface area (Å²) in [6.07, 6.45) is 5.21. The van der Waals surface area contributed by atoms with Gasteiger partial charge in [-0.05, 0) is 62.2 Å². The fourth-order valence-electron chi connectivity index (χ4n) is 4.15. The molecule has 2 N–H and O–H groups in total. The Kier molecular flexibility index (Phi) is 9.93. The first-order valence-electron chi connectivity index (χ1n) is 12.8.